The summed E-state index contributed by atoms with van der Waals surface area (Å²) >= 11 is 0. The molecule has 1 aromatic rings. The van der Waals surface area contributed by atoms with E-state index >= 15 is 0 Å². The van der Waals surface area contributed by atoms with Crippen molar-refractivity contribution in [2.45, 2.75) is 39.0 Å². The fraction of sp³-hybridized carbons (Fsp3) is 0.533. The number of nitrogens with two attached hydrogens (primary N) is 1. The van der Waals surface area contributed by atoms with Crippen molar-refractivity contribution in [1.82, 2.24) is 0 Å². The molecular formula is C15H23NO4. The third-order valence-corrected chi connectivity index (χ3v) is 3.07. The Bertz CT molecular complexity index is 446. The number of rotatable bonds is 9. The lowest BCUT2D eigenvalue weighted by Gasteiger charge is -2.13. The fourth-order valence-electron chi connectivity index (χ4n) is 1.92. The monoisotopic (exact) mass is 281 g/mol. The van der Waals surface area contributed by atoms with E-state index in [0.29, 0.717) is 18.1 Å². The van der Waals surface area contributed by atoms with Gasteiger partial charge in [-0.1, -0.05) is 32.6 Å². The Hall–Kier alpha value is -1.91. The number of unbranched alkanes of at least 4 members (excludes halogenated alkanes) is 4. The second-order valence-electron chi connectivity index (χ2n) is 4.66. The molecule has 0 saturated carbocycles. The maximum absolute atomic E-state index is 11.0. The minimum absolute atomic E-state index is 0.0341. The summed E-state index contributed by atoms with van der Waals surface area (Å²) in [6.07, 6.45) is 5.68. The summed E-state index contributed by atoms with van der Waals surface area (Å²) < 4.78 is 10.8. The molecule has 0 radical (unpaired) electrons. The van der Waals surface area contributed by atoms with Crippen LogP contribution in [0.5, 0.6) is 11.5 Å². The third kappa shape index (κ3) is 4.64. The van der Waals surface area contributed by atoms with Crippen LogP contribution in [-0.2, 0) is 0 Å². The van der Waals surface area contributed by atoms with Crippen LogP contribution in [0, 0.1) is 0 Å². The van der Waals surface area contributed by atoms with Crippen molar-refractivity contribution in [2.75, 3.05) is 19.5 Å². The summed E-state index contributed by atoms with van der Waals surface area (Å²) in [5.74, 6) is -0.186. The molecule has 5 heteroatoms. The first-order valence-electron chi connectivity index (χ1n) is 6.93. The van der Waals surface area contributed by atoms with Gasteiger partial charge in [0.15, 0.2) is 11.5 Å². The Morgan fingerprint density at radius 1 is 1.20 bits per heavy atom. The number of carbonyl (C=O) groups is 1. The topological polar surface area (TPSA) is 81.8 Å². The Morgan fingerprint density at radius 2 is 1.90 bits per heavy atom. The van der Waals surface area contributed by atoms with Gasteiger partial charge >= 0.3 is 5.97 Å². The Balaban J connectivity index is 2.63. The van der Waals surface area contributed by atoms with Crippen LogP contribution in [0.3, 0.4) is 0 Å². The molecule has 0 aliphatic carbocycles. The minimum atomic E-state index is -1.07. The van der Waals surface area contributed by atoms with Gasteiger partial charge in [-0.2, -0.15) is 0 Å². The maximum atomic E-state index is 11.0. The molecule has 112 valence electrons. The maximum Gasteiger partial charge on any atom is 0.337 e. The third-order valence-electron chi connectivity index (χ3n) is 3.07. The molecule has 20 heavy (non-hydrogen) atoms. The van der Waals surface area contributed by atoms with Gasteiger partial charge in [-0.3, -0.25) is 0 Å². The second-order valence-corrected chi connectivity index (χ2v) is 4.66. The molecule has 0 saturated heterocycles. The summed E-state index contributed by atoms with van der Waals surface area (Å²) in [7, 11) is 1.50. The quantitative estimate of drug-likeness (QED) is 0.536. The molecular weight excluding hydrogens is 258 g/mol. The first-order valence-corrected chi connectivity index (χ1v) is 6.93. The van der Waals surface area contributed by atoms with E-state index in [1.54, 1.807) is 0 Å². The number of hydrogen-bond donors (Lipinski definition) is 2. The molecule has 0 aliphatic rings. The predicted octanol–water partition coefficient (Wildman–Crippen LogP) is 3.32. The van der Waals surface area contributed by atoms with Crippen LogP contribution < -0.4 is 15.2 Å². The molecule has 0 fully saturated rings. The Morgan fingerprint density at radius 3 is 2.50 bits per heavy atom. The summed E-state index contributed by atoms with van der Waals surface area (Å²) in [5, 5.41) is 9.05. The number of carboxylic acid groups (broad SMARTS) is 1. The van der Waals surface area contributed by atoms with Gasteiger partial charge in [-0.15, -0.1) is 0 Å². The molecule has 3 N–H and O–H groups in total. The van der Waals surface area contributed by atoms with Gasteiger partial charge in [0.1, 0.15) is 0 Å². The summed E-state index contributed by atoms with van der Waals surface area (Å²) in [6, 6.07) is 2.90. The number of anilines is 1. The van der Waals surface area contributed by atoms with Gasteiger partial charge in [0, 0.05) is 12.1 Å². The van der Waals surface area contributed by atoms with E-state index in [1.165, 1.54) is 38.5 Å². The van der Waals surface area contributed by atoms with Gasteiger partial charge in [-0.25, -0.2) is 4.79 Å². The largest absolute Gasteiger partial charge is 0.493 e. The van der Waals surface area contributed by atoms with Crippen molar-refractivity contribution < 1.29 is 19.4 Å². The summed E-state index contributed by atoms with van der Waals surface area (Å²) in [4.78, 5) is 11.0. The van der Waals surface area contributed by atoms with Crippen LogP contribution in [0.25, 0.3) is 0 Å². The average molecular weight is 281 g/mol. The number of nitrogen functional groups attached to an aromatic ring is 1. The highest BCUT2D eigenvalue weighted by molar-refractivity contribution is 5.94. The van der Waals surface area contributed by atoms with Crippen molar-refractivity contribution in [3.8, 4) is 11.5 Å². The van der Waals surface area contributed by atoms with E-state index in [4.69, 9.17) is 20.3 Å². The minimum Gasteiger partial charge on any atom is -0.493 e. The molecule has 0 aliphatic heterocycles. The molecule has 1 rings (SSSR count). The normalized spacial score (nSPS) is 10.3. The second kappa shape index (κ2) is 8.30. The Labute approximate surface area is 119 Å². The SMILES string of the molecule is CCCCCCCOc1cc(C(=O)O)c(N)cc1OC. The zero-order valence-corrected chi connectivity index (χ0v) is 12.1. The predicted molar refractivity (Wildman–Crippen MR) is 78.6 cm³/mol. The van der Waals surface area contributed by atoms with Gasteiger partial charge in [0.05, 0.1) is 25.0 Å². The van der Waals surface area contributed by atoms with E-state index in [9.17, 15) is 4.79 Å². The van der Waals surface area contributed by atoms with Crippen molar-refractivity contribution >= 4 is 11.7 Å². The molecule has 0 bridgehead atoms. The van der Waals surface area contributed by atoms with Crippen LogP contribution in [0.15, 0.2) is 12.1 Å². The first-order chi connectivity index (χ1) is 9.60. The van der Waals surface area contributed by atoms with Crippen LogP contribution in [0.2, 0.25) is 0 Å². The standard InChI is InChI=1S/C15H23NO4/c1-3-4-5-6-7-8-20-14-9-11(15(17)18)12(16)10-13(14)19-2/h9-10H,3-8,16H2,1-2H3,(H,17,18). The van der Waals surface area contributed by atoms with Crippen molar-refractivity contribution in [2.24, 2.45) is 0 Å². The molecule has 0 aromatic heterocycles. The zero-order chi connectivity index (χ0) is 15.0. The van der Waals surface area contributed by atoms with Gasteiger partial charge in [0.2, 0.25) is 0 Å². The summed E-state index contributed by atoms with van der Waals surface area (Å²) in [5.41, 5.74) is 5.87. The van der Waals surface area contributed by atoms with E-state index in [-0.39, 0.29) is 11.3 Å². The molecule has 5 nitrogen and oxygen atoms in total. The van der Waals surface area contributed by atoms with E-state index in [1.807, 2.05) is 0 Å². The van der Waals surface area contributed by atoms with E-state index < -0.39 is 5.97 Å². The van der Waals surface area contributed by atoms with Gasteiger partial charge in [0.25, 0.3) is 0 Å². The van der Waals surface area contributed by atoms with Crippen molar-refractivity contribution in [1.29, 1.82) is 0 Å². The number of hydrogen-bond acceptors (Lipinski definition) is 4. The first kappa shape index (κ1) is 16.1. The molecule has 0 amide bonds. The van der Waals surface area contributed by atoms with Gasteiger partial charge in [-0.05, 0) is 6.42 Å². The number of aromatic carboxylic acids is 1. The highest BCUT2D eigenvalue weighted by Gasteiger charge is 2.14. The highest BCUT2D eigenvalue weighted by Crippen LogP contribution is 2.32. The lowest BCUT2D eigenvalue weighted by Crippen LogP contribution is -2.06. The van der Waals surface area contributed by atoms with Crippen LogP contribution in [-0.4, -0.2) is 24.8 Å². The highest BCUT2D eigenvalue weighted by atomic mass is 16.5. The molecule has 0 spiro atoms. The zero-order valence-electron chi connectivity index (χ0n) is 12.1. The number of ether oxygens (including phenoxy) is 2. The van der Waals surface area contributed by atoms with Crippen LogP contribution >= 0.6 is 0 Å². The average Bonchev–Trinajstić information content (AvgIpc) is 2.43. The van der Waals surface area contributed by atoms with Gasteiger partial charge < -0.3 is 20.3 Å². The summed E-state index contributed by atoms with van der Waals surface area (Å²) in [6.45, 7) is 2.71. The molecule has 0 atom stereocenters. The number of benzene rings is 1. The molecule has 1 aromatic carbocycles. The van der Waals surface area contributed by atoms with Crippen molar-refractivity contribution in [3.05, 3.63) is 17.7 Å². The van der Waals surface area contributed by atoms with E-state index in [0.717, 1.165) is 12.8 Å². The lowest BCUT2D eigenvalue weighted by molar-refractivity contribution is 0.0697. The smallest absolute Gasteiger partial charge is 0.337 e. The fourth-order valence-corrected chi connectivity index (χ4v) is 1.92. The van der Waals surface area contributed by atoms with Crippen LogP contribution in [0.1, 0.15) is 49.4 Å². The lowest BCUT2D eigenvalue weighted by atomic mass is 10.1. The number of carboxylic acids is 1. The van der Waals surface area contributed by atoms with E-state index in [2.05, 4.69) is 6.92 Å². The Kier molecular flexibility index (Phi) is 6.70. The number of methoxy groups -OCH3 is 1. The molecule has 0 heterocycles. The van der Waals surface area contributed by atoms with Crippen LogP contribution in [0.4, 0.5) is 5.69 Å². The molecule has 0 unspecified atom stereocenters. The van der Waals surface area contributed by atoms with Crippen molar-refractivity contribution in [3.63, 3.8) is 0 Å².